The summed E-state index contributed by atoms with van der Waals surface area (Å²) in [5, 5.41) is 0. The first-order chi connectivity index (χ1) is 16.8. The second kappa shape index (κ2) is 31.2. The lowest BCUT2D eigenvalue weighted by atomic mass is 9.93. The van der Waals surface area contributed by atoms with Crippen LogP contribution >= 0.6 is 0 Å². The van der Waals surface area contributed by atoms with Crippen LogP contribution in [0.4, 0.5) is 0 Å². The molecule has 0 bridgehead atoms. The molecule has 0 radical (unpaired) electrons. The average molecular weight is 513 g/mol. The van der Waals surface area contributed by atoms with Crippen LogP contribution in [0.25, 0.3) is 0 Å². The minimum atomic E-state index is 0.884. The molecule has 0 aromatic heterocycles. The molecule has 0 spiro atoms. The van der Waals surface area contributed by atoms with Crippen LogP contribution in [0.15, 0.2) is 0 Å². The lowest BCUT2D eigenvalue weighted by molar-refractivity contribution is 0.388. The number of hydrogen-bond donors (Lipinski definition) is 0. The fourth-order valence-corrected chi connectivity index (χ4v) is 5.15. The molecule has 0 nitrogen and oxygen atoms in total. The van der Waals surface area contributed by atoms with E-state index < -0.39 is 0 Å². The summed E-state index contributed by atoms with van der Waals surface area (Å²) < 4.78 is 0. The van der Waals surface area contributed by atoms with Crippen molar-refractivity contribution < 1.29 is 0 Å². The zero-order valence-electron chi connectivity index (χ0n) is 29.1. The van der Waals surface area contributed by atoms with Crippen LogP contribution in [0, 0.1) is 47.3 Å². The molecule has 224 valence electrons. The average Bonchev–Trinajstić information content (AvgIpc) is 2.83. The highest BCUT2D eigenvalue weighted by Crippen LogP contribution is 2.19. The van der Waals surface area contributed by atoms with E-state index in [1.807, 2.05) is 0 Å². The summed E-state index contributed by atoms with van der Waals surface area (Å²) in [5.74, 6) is 7.44. The summed E-state index contributed by atoms with van der Waals surface area (Å²) in [6.07, 6.45) is 16.5. The Kier molecular flexibility index (Phi) is 37.3. The van der Waals surface area contributed by atoms with Gasteiger partial charge in [0.2, 0.25) is 0 Å². The van der Waals surface area contributed by atoms with Crippen LogP contribution in [-0.4, -0.2) is 0 Å². The molecule has 0 aliphatic rings. The van der Waals surface area contributed by atoms with Gasteiger partial charge in [0.15, 0.2) is 0 Å². The Balaban J connectivity index is -0.000000190. The fraction of sp³-hybridized carbons (Fsp3) is 1.00. The molecule has 0 heterocycles. The summed E-state index contributed by atoms with van der Waals surface area (Å²) in [5.41, 5.74) is 0. The summed E-state index contributed by atoms with van der Waals surface area (Å²) in [4.78, 5) is 0. The zero-order chi connectivity index (χ0) is 29.1. The predicted octanol–water partition coefficient (Wildman–Crippen LogP) is 13.9. The summed E-state index contributed by atoms with van der Waals surface area (Å²) in [7, 11) is 0. The van der Waals surface area contributed by atoms with Crippen molar-refractivity contribution in [3.63, 3.8) is 0 Å². The molecule has 0 saturated carbocycles. The van der Waals surface area contributed by atoms with E-state index in [1.165, 1.54) is 77.0 Å². The third-order valence-electron chi connectivity index (χ3n) is 7.84. The van der Waals surface area contributed by atoms with E-state index in [-0.39, 0.29) is 0 Å². The quantitative estimate of drug-likeness (QED) is 0.193. The van der Waals surface area contributed by atoms with Crippen LogP contribution in [0.2, 0.25) is 0 Å². The van der Waals surface area contributed by atoms with Crippen LogP contribution < -0.4 is 0 Å². The van der Waals surface area contributed by atoms with Gasteiger partial charge in [-0.3, -0.25) is 0 Å². The van der Waals surface area contributed by atoms with Gasteiger partial charge in [-0.05, 0) is 73.0 Å². The minimum Gasteiger partial charge on any atom is -0.0651 e. The summed E-state index contributed by atoms with van der Waals surface area (Å²) in [6, 6.07) is 0. The van der Waals surface area contributed by atoms with E-state index in [1.54, 1.807) is 0 Å². The Morgan fingerprint density at radius 3 is 0.389 bits per heavy atom. The molecular weight excluding hydrogens is 432 g/mol. The maximum atomic E-state index is 2.30. The topological polar surface area (TPSA) is 0 Å². The molecule has 0 atom stereocenters. The molecule has 0 unspecified atom stereocenters. The van der Waals surface area contributed by atoms with E-state index in [0.29, 0.717) is 0 Å². The van der Waals surface area contributed by atoms with Crippen molar-refractivity contribution in [2.45, 2.75) is 188 Å². The Labute approximate surface area is 235 Å². The van der Waals surface area contributed by atoms with Crippen LogP contribution in [0.5, 0.6) is 0 Å². The largest absolute Gasteiger partial charge is 0.0651 e. The van der Waals surface area contributed by atoms with Gasteiger partial charge in [-0.25, -0.2) is 0 Å². The second-order valence-corrected chi connectivity index (χ2v) is 13.2. The molecule has 36 heavy (non-hydrogen) atoms. The van der Waals surface area contributed by atoms with Gasteiger partial charge in [0.1, 0.15) is 0 Å². The van der Waals surface area contributed by atoms with Crippen molar-refractivity contribution >= 4 is 0 Å². The molecule has 0 aromatic rings. The van der Waals surface area contributed by atoms with Gasteiger partial charge in [0, 0.05) is 0 Å². The third-order valence-corrected chi connectivity index (χ3v) is 7.84. The summed E-state index contributed by atoms with van der Waals surface area (Å²) >= 11 is 0. The maximum absolute atomic E-state index is 2.30. The predicted molar refractivity (Wildman–Crippen MR) is 174 cm³/mol. The van der Waals surface area contributed by atoms with Gasteiger partial charge >= 0.3 is 0 Å². The second-order valence-electron chi connectivity index (χ2n) is 13.2. The van der Waals surface area contributed by atoms with E-state index in [0.717, 1.165) is 47.3 Å². The fourth-order valence-electron chi connectivity index (χ4n) is 5.15. The first-order valence-corrected chi connectivity index (χ1v) is 16.8. The first kappa shape index (κ1) is 43.1. The van der Waals surface area contributed by atoms with Crippen molar-refractivity contribution in [2.24, 2.45) is 47.3 Å². The van der Waals surface area contributed by atoms with E-state index in [4.69, 9.17) is 0 Å². The van der Waals surface area contributed by atoms with Crippen molar-refractivity contribution in [2.75, 3.05) is 0 Å². The molecule has 0 aromatic carbocycles. The highest BCUT2D eigenvalue weighted by Gasteiger charge is 2.06. The standard InChI is InChI=1S/4C9H20/c4*1-5-9(6-2)7-8(3)4/h4*8-9H,5-7H2,1-4H3. The van der Waals surface area contributed by atoms with Gasteiger partial charge < -0.3 is 0 Å². The Morgan fingerprint density at radius 2 is 0.361 bits per heavy atom. The van der Waals surface area contributed by atoms with Crippen molar-refractivity contribution in [3.05, 3.63) is 0 Å². The molecule has 0 rings (SSSR count). The molecule has 0 saturated heterocycles. The van der Waals surface area contributed by atoms with Crippen molar-refractivity contribution in [1.82, 2.24) is 0 Å². The van der Waals surface area contributed by atoms with E-state index in [9.17, 15) is 0 Å². The highest BCUT2D eigenvalue weighted by molar-refractivity contribution is 4.58. The van der Waals surface area contributed by atoms with Gasteiger partial charge in [-0.2, -0.15) is 0 Å². The smallest absolute Gasteiger partial charge is 0.0417 e. The van der Waals surface area contributed by atoms with Crippen molar-refractivity contribution in [3.8, 4) is 0 Å². The van der Waals surface area contributed by atoms with Gasteiger partial charge in [0.05, 0.1) is 0 Å². The maximum Gasteiger partial charge on any atom is -0.0417 e. The van der Waals surface area contributed by atoms with Gasteiger partial charge in [-0.15, -0.1) is 0 Å². The Hall–Kier alpha value is 0. The van der Waals surface area contributed by atoms with E-state index >= 15 is 0 Å². The molecule has 0 amide bonds. The van der Waals surface area contributed by atoms with Crippen LogP contribution in [0.1, 0.15) is 188 Å². The normalized spacial score (nSPS) is 11.3. The minimum absolute atomic E-state index is 0.884. The van der Waals surface area contributed by atoms with Gasteiger partial charge in [-0.1, -0.05) is 162 Å². The van der Waals surface area contributed by atoms with Crippen LogP contribution in [0.3, 0.4) is 0 Å². The lowest BCUT2D eigenvalue weighted by Gasteiger charge is -2.13. The first-order valence-electron chi connectivity index (χ1n) is 16.8. The molecule has 0 fully saturated rings. The van der Waals surface area contributed by atoms with Gasteiger partial charge in [0.25, 0.3) is 0 Å². The molecule has 0 N–H and O–H groups in total. The summed E-state index contributed by atoms with van der Waals surface area (Å²) in [6.45, 7) is 36.7. The molecule has 0 aliphatic heterocycles. The van der Waals surface area contributed by atoms with Crippen LogP contribution in [-0.2, 0) is 0 Å². The lowest BCUT2D eigenvalue weighted by Crippen LogP contribution is -2.00. The highest BCUT2D eigenvalue weighted by atomic mass is 14.1. The SMILES string of the molecule is CCC(CC)CC(C)C.CCC(CC)CC(C)C.CCC(CC)CC(C)C.CCC(CC)CC(C)C. The third kappa shape index (κ3) is 36.2. The van der Waals surface area contributed by atoms with E-state index in [2.05, 4.69) is 111 Å². The number of hydrogen-bond acceptors (Lipinski definition) is 0. The molecular formula is C36H80. The molecule has 0 heteroatoms. The monoisotopic (exact) mass is 513 g/mol. The van der Waals surface area contributed by atoms with Crippen molar-refractivity contribution in [1.29, 1.82) is 0 Å². The molecule has 0 aliphatic carbocycles. The Bertz CT molecular complexity index is 276. The number of rotatable bonds is 16. The Morgan fingerprint density at radius 1 is 0.250 bits per heavy atom. The zero-order valence-corrected chi connectivity index (χ0v) is 29.1.